The zero-order valence-electron chi connectivity index (χ0n) is 9.68. The molecule has 0 atom stereocenters. The van der Waals surface area contributed by atoms with Gasteiger partial charge < -0.3 is 5.32 Å². The van der Waals surface area contributed by atoms with Crippen LogP contribution in [0, 0.1) is 5.41 Å². The minimum atomic E-state index is 0.272. The van der Waals surface area contributed by atoms with Crippen molar-refractivity contribution in [1.29, 1.82) is 0 Å². The van der Waals surface area contributed by atoms with Crippen LogP contribution >= 0.6 is 11.6 Å². The number of rotatable bonds is 5. The molecule has 0 saturated heterocycles. The van der Waals surface area contributed by atoms with Crippen molar-refractivity contribution in [2.75, 3.05) is 13.6 Å². The Hall–Kier alpha value is -0.600. The van der Waals surface area contributed by atoms with E-state index in [1.165, 1.54) is 5.56 Å². The topological polar surface area (TPSA) is 24.9 Å². The predicted octanol–water partition coefficient (Wildman–Crippen LogP) is 2.91. The second-order valence-corrected chi connectivity index (χ2v) is 5.07. The number of aromatic nitrogens is 1. The third-order valence-corrected chi connectivity index (χ3v) is 2.92. The molecule has 0 radical (unpaired) electrons. The van der Waals surface area contributed by atoms with Crippen molar-refractivity contribution < 1.29 is 0 Å². The van der Waals surface area contributed by atoms with Gasteiger partial charge in [-0.2, -0.15) is 0 Å². The second-order valence-electron chi connectivity index (χ2n) is 4.66. The Morgan fingerprint density at radius 1 is 1.47 bits per heavy atom. The largest absolute Gasteiger partial charge is 0.320 e. The Labute approximate surface area is 97.1 Å². The molecule has 0 aromatic carbocycles. The van der Waals surface area contributed by atoms with Crippen LogP contribution in [0.1, 0.15) is 25.8 Å². The molecule has 1 N–H and O–H groups in total. The van der Waals surface area contributed by atoms with Gasteiger partial charge in [-0.15, -0.1) is 0 Å². The van der Waals surface area contributed by atoms with Gasteiger partial charge in [0.1, 0.15) is 0 Å². The highest BCUT2D eigenvalue weighted by Crippen LogP contribution is 2.28. The maximum atomic E-state index is 6.09. The van der Waals surface area contributed by atoms with E-state index in [1.54, 1.807) is 12.4 Å². The molecule has 84 valence electrons. The van der Waals surface area contributed by atoms with E-state index < -0.39 is 0 Å². The first kappa shape index (κ1) is 12.5. The summed E-state index contributed by atoms with van der Waals surface area (Å²) in [5.41, 5.74) is 1.46. The summed E-state index contributed by atoms with van der Waals surface area (Å²) < 4.78 is 0. The predicted molar refractivity (Wildman–Crippen MR) is 65.3 cm³/mol. The first-order valence-corrected chi connectivity index (χ1v) is 5.66. The van der Waals surface area contributed by atoms with Gasteiger partial charge >= 0.3 is 0 Å². The van der Waals surface area contributed by atoms with Crippen LogP contribution in [0.25, 0.3) is 0 Å². The third-order valence-electron chi connectivity index (χ3n) is 2.58. The van der Waals surface area contributed by atoms with Gasteiger partial charge in [0.15, 0.2) is 0 Å². The molecule has 0 bridgehead atoms. The van der Waals surface area contributed by atoms with Gasteiger partial charge in [-0.25, -0.2) is 0 Å². The number of hydrogen-bond acceptors (Lipinski definition) is 2. The average Bonchev–Trinajstić information content (AvgIpc) is 2.18. The summed E-state index contributed by atoms with van der Waals surface area (Å²) >= 11 is 6.09. The van der Waals surface area contributed by atoms with Crippen molar-refractivity contribution in [2.24, 2.45) is 5.41 Å². The second kappa shape index (κ2) is 5.47. The van der Waals surface area contributed by atoms with Crippen LogP contribution in [0.4, 0.5) is 0 Å². The van der Waals surface area contributed by atoms with Gasteiger partial charge in [0, 0.05) is 12.4 Å². The first-order chi connectivity index (χ1) is 7.05. The number of nitrogens with zero attached hydrogens (tertiary/aromatic N) is 1. The Morgan fingerprint density at radius 2 is 2.20 bits per heavy atom. The molecule has 3 heteroatoms. The molecule has 2 nitrogen and oxygen atoms in total. The van der Waals surface area contributed by atoms with Gasteiger partial charge in [0.25, 0.3) is 0 Å². The maximum Gasteiger partial charge on any atom is 0.0621 e. The molecule has 1 heterocycles. The number of pyridine rings is 1. The van der Waals surface area contributed by atoms with Gasteiger partial charge in [-0.05, 0) is 43.5 Å². The molecule has 0 fully saturated rings. The van der Waals surface area contributed by atoms with Crippen molar-refractivity contribution in [3.8, 4) is 0 Å². The molecule has 1 aromatic heterocycles. The first-order valence-electron chi connectivity index (χ1n) is 5.28. The van der Waals surface area contributed by atoms with E-state index in [9.17, 15) is 0 Å². The quantitative estimate of drug-likeness (QED) is 0.835. The molecule has 0 aliphatic heterocycles. The van der Waals surface area contributed by atoms with E-state index in [0.717, 1.165) is 24.4 Å². The zero-order chi connectivity index (χ0) is 11.3. The number of hydrogen-bond donors (Lipinski definition) is 1. The molecule has 0 aliphatic rings. The van der Waals surface area contributed by atoms with E-state index in [2.05, 4.69) is 24.1 Å². The SMILES string of the molecule is CNCCC(C)(C)Cc1ccncc1Cl. The fourth-order valence-electron chi connectivity index (χ4n) is 1.61. The van der Waals surface area contributed by atoms with Gasteiger partial charge in [0.05, 0.1) is 5.02 Å². The smallest absolute Gasteiger partial charge is 0.0621 e. The van der Waals surface area contributed by atoms with Crippen molar-refractivity contribution >= 4 is 11.6 Å². The third kappa shape index (κ3) is 4.18. The van der Waals surface area contributed by atoms with Gasteiger partial charge in [0.2, 0.25) is 0 Å². The Balaban J connectivity index is 2.64. The maximum absolute atomic E-state index is 6.09. The van der Waals surface area contributed by atoms with Crippen molar-refractivity contribution in [2.45, 2.75) is 26.7 Å². The highest BCUT2D eigenvalue weighted by molar-refractivity contribution is 6.31. The van der Waals surface area contributed by atoms with Crippen LogP contribution in [0.3, 0.4) is 0 Å². The Morgan fingerprint density at radius 3 is 2.80 bits per heavy atom. The zero-order valence-corrected chi connectivity index (χ0v) is 10.4. The van der Waals surface area contributed by atoms with Crippen molar-refractivity contribution in [1.82, 2.24) is 10.3 Å². The van der Waals surface area contributed by atoms with Crippen LogP contribution in [0.5, 0.6) is 0 Å². The summed E-state index contributed by atoms with van der Waals surface area (Å²) in [5.74, 6) is 0. The number of halogens is 1. The summed E-state index contributed by atoms with van der Waals surface area (Å²) in [6.45, 7) is 5.57. The molecule has 0 saturated carbocycles. The standard InChI is InChI=1S/C12H19ClN2/c1-12(2,5-7-14-3)8-10-4-6-15-9-11(10)13/h4,6,9,14H,5,7-8H2,1-3H3. The van der Waals surface area contributed by atoms with E-state index in [1.807, 2.05) is 13.1 Å². The summed E-state index contributed by atoms with van der Waals surface area (Å²) in [5, 5.41) is 3.95. The minimum absolute atomic E-state index is 0.272. The normalized spacial score (nSPS) is 11.7. The molecule has 0 spiro atoms. The summed E-state index contributed by atoms with van der Waals surface area (Å²) in [6.07, 6.45) is 5.65. The number of nitrogens with one attached hydrogen (secondary N) is 1. The molecular formula is C12H19ClN2. The highest BCUT2D eigenvalue weighted by atomic mass is 35.5. The fraction of sp³-hybridized carbons (Fsp3) is 0.583. The highest BCUT2D eigenvalue weighted by Gasteiger charge is 2.19. The van der Waals surface area contributed by atoms with E-state index in [4.69, 9.17) is 11.6 Å². The lowest BCUT2D eigenvalue weighted by Crippen LogP contribution is -2.21. The van der Waals surface area contributed by atoms with Gasteiger partial charge in [-0.3, -0.25) is 4.98 Å². The van der Waals surface area contributed by atoms with E-state index in [0.29, 0.717) is 0 Å². The van der Waals surface area contributed by atoms with Crippen LogP contribution in [-0.2, 0) is 6.42 Å². The molecule has 0 amide bonds. The van der Waals surface area contributed by atoms with Crippen LogP contribution in [-0.4, -0.2) is 18.6 Å². The molecule has 1 aromatic rings. The lowest BCUT2D eigenvalue weighted by Gasteiger charge is -2.24. The van der Waals surface area contributed by atoms with Crippen molar-refractivity contribution in [3.63, 3.8) is 0 Å². The Kier molecular flexibility index (Phi) is 4.55. The van der Waals surface area contributed by atoms with Crippen LogP contribution in [0.2, 0.25) is 5.02 Å². The van der Waals surface area contributed by atoms with Crippen molar-refractivity contribution in [3.05, 3.63) is 29.0 Å². The van der Waals surface area contributed by atoms with Crippen LogP contribution < -0.4 is 5.32 Å². The molecular weight excluding hydrogens is 208 g/mol. The summed E-state index contributed by atoms with van der Waals surface area (Å²) in [6, 6.07) is 2.00. The monoisotopic (exact) mass is 226 g/mol. The minimum Gasteiger partial charge on any atom is -0.320 e. The van der Waals surface area contributed by atoms with E-state index in [-0.39, 0.29) is 5.41 Å². The van der Waals surface area contributed by atoms with Crippen LogP contribution in [0.15, 0.2) is 18.5 Å². The lowest BCUT2D eigenvalue weighted by atomic mass is 9.83. The fourth-order valence-corrected chi connectivity index (χ4v) is 1.80. The van der Waals surface area contributed by atoms with E-state index >= 15 is 0 Å². The molecule has 0 aliphatic carbocycles. The molecule has 15 heavy (non-hydrogen) atoms. The Bertz CT molecular complexity index is 310. The summed E-state index contributed by atoms with van der Waals surface area (Å²) in [7, 11) is 1.98. The lowest BCUT2D eigenvalue weighted by molar-refractivity contribution is 0.329. The van der Waals surface area contributed by atoms with Gasteiger partial charge in [-0.1, -0.05) is 25.4 Å². The average molecular weight is 227 g/mol. The molecule has 1 rings (SSSR count). The summed E-state index contributed by atoms with van der Waals surface area (Å²) in [4.78, 5) is 3.99. The molecule has 0 unspecified atom stereocenters.